The Kier molecular flexibility index (Phi) is 5.70. The van der Waals surface area contributed by atoms with Crippen molar-refractivity contribution in [3.05, 3.63) is 70.6 Å². The molecule has 1 N–H and O–H groups in total. The lowest BCUT2D eigenvalue weighted by Gasteiger charge is -2.15. The van der Waals surface area contributed by atoms with Gasteiger partial charge in [-0.25, -0.2) is 0 Å². The second-order valence-electron chi connectivity index (χ2n) is 5.46. The molecule has 3 rings (SSSR count). The number of thioether (sulfide) groups is 1. The molecule has 1 saturated heterocycles. The molecule has 2 aromatic rings. The molecule has 7 heteroatoms. The van der Waals surface area contributed by atoms with Gasteiger partial charge in [0.25, 0.3) is 5.91 Å². The van der Waals surface area contributed by atoms with Crippen LogP contribution in [0.5, 0.6) is 5.75 Å². The molecule has 0 radical (unpaired) electrons. The fourth-order valence-electron chi connectivity index (χ4n) is 2.44. The summed E-state index contributed by atoms with van der Waals surface area (Å²) in [6.45, 7) is 0. The van der Waals surface area contributed by atoms with Crippen LogP contribution in [0.1, 0.15) is 11.1 Å². The van der Waals surface area contributed by atoms with Crippen LogP contribution >= 0.6 is 24.0 Å². The van der Waals surface area contributed by atoms with Crippen molar-refractivity contribution in [1.82, 2.24) is 10.4 Å². The van der Waals surface area contributed by atoms with E-state index in [1.807, 2.05) is 54.6 Å². The zero-order valence-electron chi connectivity index (χ0n) is 14.0. The largest absolute Gasteiger partial charge is 0.496 e. The maximum Gasteiger partial charge on any atom is 0.285 e. The Bertz CT molecular complexity index is 881. The molecule has 1 fully saturated rings. The van der Waals surface area contributed by atoms with Crippen molar-refractivity contribution < 1.29 is 14.3 Å². The number of carbonyl (C=O) groups excluding carboxylic acids is 2. The Hall–Kier alpha value is -2.64. The Labute approximate surface area is 161 Å². The summed E-state index contributed by atoms with van der Waals surface area (Å²) in [5, 5.41) is 1.12. The molecule has 0 saturated carbocycles. The summed E-state index contributed by atoms with van der Waals surface area (Å²) in [4.78, 5) is 25.2. The molecular weight excluding hydrogens is 368 g/mol. The van der Waals surface area contributed by atoms with Gasteiger partial charge in [-0.15, -0.1) is 0 Å². The van der Waals surface area contributed by atoms with Crippen molar-refractivity contribution in [2.75, 3.05) is 7.11 Å². The van der Waals surface area contributed by atoms with Gasteiger partial charge in [-0.05, 0) is 29.9 Å². The SMILES string of the molecule is COc1ccccc1C=C1SC(=S)N(NC(=O)Cc2ccccc2)C1=O. The molecule has 2 amide bonds. The van der Waals surface area contributed by atoms with Gasteiger partial charge >= 0.3 is 0 Å². The fraction of sp³-hybridized carbons (Fsp3) is 0.105. The number of rotatable bonds is 5. The van der Waals surface area contributed by atoms with E-state index in [2.05, 4.69) is 5.43 Å². The average molecular weight is 384 g/mol. The van der Waals surface area contributed by atoms with Crippen molar-refractivity contribution in [3.63, 3.8) is 0 Å². The topological polar surface area (TPSA) is 58.6 Å². The number of nitrogens with zero attached hydrogens (tertiary/aromatic N) is 1. The van der Waals surface area contributed by atoms with Crippen LogP contribution in [0.25, 0.3) is 6.08 Å². The first-order valence-corrected chi connectivity index (χ1v) is 9.05. The van der Waals surface area contributed by atoms with E-state index in [9.17, 15) is 9.59 Å². The molecule has 0 spiro atoms. The molecule has 0 aliphatic carbocycles. The summed E-state index contributed by atoms with van der Waals surface area (Å²) in [5.41, 5.74) is 4.21. The fourth-order valence-corrected chi connectivity index (χ4v) is 3.61. The molecule has 1 heterocycles. The van der Waals surface area contributed by atoms with Gasteiger partial charge in [-0.1, -0.05) is 60.3 Å². The third-order valence-electron chi connectivity index (χ3n) is 3.66. The van der Waals surface area contributed by atoms with Crippen LogP contribution in [-0.4, -0.2) is 28.3 Å². The van der Waals surface area contributed by atoms with Crippen molar-refractivity contribution in [2.45, 2.75) is 6.42 Å². The number of nitrogens with one attached hydrogen (secondary N) is 1. The van der Waals surface area contributed by atoms with Crippen LogP contribution in [0, 0.1) is 0 Å². The minimum atomic E-state index is -0.354. The number of hydrazine groups is 1. The zero-order chi connectivity index (χ0) is 18.5. The molecule has 5 nitrogen and oxygen atoms in total. The number of hydrogen-bond acceptors (Lipinski definition) is 5. The third kappa shape index (κ3) is 4.12. The van der Waals surface area contributed by atoms with E-state index >= 15 is 0 Å². The molecule has 0 atom stereocenters. The predicted molar refractivity (Wildman–Crippen MR) is 106 cm³/mol. The maximum absolute atomic E-state index is 12.6. The van der Waals surface area contributed by atoms with Crippen molar-refractivity contribution in [1.29, 1.82) is 0 Å². The van der Waals surface area contributed by atoms with Crippen molar-refractivity contribution in [3.8, 4) is 5.75 Å². The summed E-state index contributed by atoms with van der Waals surface area (Å²) in [5.74, 6) is 0.00393. The first kappa shape index (κ1) is 18.2. The summed E-state index contributed by atoms with van der Waals surface area (Å²) in [7, 11) is 1.57. The Balaban J connectivity index is 1.72. The molecule has 26 heavy (non-hydrogen) atoms. The van der Waals surface area contributed by atoms with Gasteiger partial charge in [-0.2, -0.15) is 5.01 Å². The van der Waals surface area contributed by atoms with Gasteiger partial charge in [-0.3, -0.25) is 15.0 Å². The highest BCUT2D eigenvalue weighted by Gasteiger charge is 2.33. The summed E-state index contributed by atoms with van der Waals surface area (Å²) in [6, 6.07) is 16.7. The first-order chi connectivity index (χ1) is 12.6. The number of para-hydroxylation sites is 1. The number of hydrogen-bond donors (Lipinski definition) is 1. The molecular formula is C19H16N2O3S2. The summed E-state index contributed by atoms with van der Waals surface area (Å²) >= 11 is 6.38. The van der Waals surface area contributed by atoms with E-state index < -0.39 is 0 Å². The highest BCUT2D eigenvalue weighted by molar-refractivity contribution is 8.26. The van der Waals surface area contributed by atoms with Crippen molar-refractivity contribution >= 4 is 46.2 Å². The normalized spacial score (nSPS) is 15.4. The highest BCUT2D eigenvalue weighted by atomic mass is 32.2. The Morgan fingerprint density at radius 2 is 1.88 bits per heavy atom. The molecule has 1 aliphatic rings. The van der Waals surface area contributed by atoms with Gasteiger partial charge in [0.1, 0.15) is 5.75 Å². The van der Waals surface area contributed by atoms with Crippen LogP contribution in [0.3, 0.4) is 0 Å². The molecule has 1 aliphatic heterocycles. The molecule has 0 bridgehead atoms. The lowest BCUT2D eigenvalue weighted by molar-refractivity contribution is -0.132. The predicted octanol–water partition coefficient (Wildman–Crippen LogP) is 3.17. The first-order valence-electron chi connectivity index (χ1n) is 7.83. The second-order valence-corrected chi connectivity index (χ2v) is 7.13. The van der Waals surface area contributed by atoms with E-state index in [4.69, 9.17) is 17.0 Å². The lowest BCUT2D eigenvalue weighted by atomic mass is 10.1. The standard InChI is InChI=1S/C19H16N2O3S2/c1-24-15-10-6-5-9-14(15)12-16-18(23)21(19(25)26-16)20-17(22)11-13-7-3-2-4-8-13/h2-10,12H,11H2,1H3,(H,20,22). The summed E-state index contributed by atoms with van der Waals surface area (Å²) in [6.07, 6.45) is 1.88. The van der Waals surface area contributed by atoms with E-state index in [1.165, 1.54) is 0 Å². The van der Waals surface area contributed by atoms with Crippen LogP contribution in [0.2, 0.25) is 0 Å². The number of amides is 2. The van der Waals surface area contributed by atoms with E-state index in [-0.39, 0.29) is 22.6 Å². The monoisotopic (exact) mass is 384 g/mol. The molecule has 0 aromatic heterocycles. The van der Waals surface area contributed by atoms with Crippen molar-refractivity contribution in [2.24, 2.45) is 0 Å². The molecule has 2 aromatic carbocycles. The van der Waals surface area contributed by atoms with Crippen LogP contribution in [0.4, 0.5) is 0 Å². The van der Waals surface area contributed by atoms with Gasteiger partial charge in [0.15, 0.2) is 4.32 Å². The number of benzene rings is 2. The Morgan fingerprint density at radius 1 is 1.19 bits per heavy atom. The smallest absolute Gasteiger partial charge is 0.285 e. The number of thiocarbonyl (C=S) groups is 1. The zero-order valence-corrected chi connectivity index (χ0v) is 15.6. The van der Waals surface area contributed by atoms with Gasteiger partial charge in [0, 0.05) is 5.56 Å². The van der Waals surface area contributed by atoms with Crippen LogP contribution in [-0.2, 0) is 16.0 Å². The minimum Gasteiger partial charge on any atom is -0.496 e. The number of carbonyl (C=O) groups is 2. The maximum atomic E-state index is 12.6. The van der Waals surface area contributed by atoms with Gasteiger partial charge < -0.3 is 4.74 Å². The van der Waals surface area contributed by atoms with Gasteiger partial charge in [0.05, 0.1) is 18.4 Å². The van der Waals surface area contributed by atoms with E-state index in [1.54, 1.807) is 13.2 Å². The molecule has 132 valence electrons. The lowest BCUT2D eigenvalue weighted by Crippen LogP contribution is -2.45. The minimum absolute atomic E-state index is 0.170. The molecule has 0 unspecified atom stereocenters. The number of ether oxygens (including phenoxy) is 1. The van der Waals surface area contributed by atoms with Crippen LogP contribution in [0.15, 0.2) is 59.5 Å². The average Bonchev–Trinajstić information content (AvgIpc) is 2.90. The quantitative estimate of drug-likeness (QED) is 0.634. The van der Waals surface area contributed by atoms with Gasteiger partial charge in [0.2, 0.25) is 5.91 Å². The second kappa shape index (κ2) is 8.16. The van der Waals surface area contributed by atoms with E-state index in [0.29, 0.717) is 10.7 Å². The summed E-state index contributed by atoms with van der Waals surface area (Å²) < 4.78 is 5.58. The van der Waals surface area contributed by atoms with E-state index in [0.717, 1.165) is 27.9 Å². The Morgan fingerprint density at radius 3 is 2.62 bits per heavy atom. The van der Waals surface area contributed by atoms with Crippen LogP contribution < -0.4 is 10.2 Å². The number of methoxy groups -OCH3 is 1. The third-order valence-corrected chi connectivity index (χ3v) is 4.97. The highest BCUT2D eigenvalue weighted by Crippen LogP contribution is 2.33.